The second kappa shape index (κ2) is 6.22. The van der Waals surface area contributed by atoms with Crippen LogP contribution in [0.2, 0.25) is 0 Å². The highest BCUT2D eigenvalue weighted by molar-refractivity contribution is 6.05. The number of rotatable bonds is 4. The summed E-state index contributed by atoms with van der Waals surface area (Å²) < 4.78 is 1.62. The van der Waals surface area contributed by atoms with Crippen molar-refractivity contribution in [2.75, 3.05) is 5.32 Å². The van der Waals surface area contributed by atoms with Gasteiger partial charge in [0.1, 0.15) is 12.7 Å². The first-order valence-electron chi connectivity index (χ1n) is 7.12. The van der Waals surface area contributed by atoms with Gasteiger partial charge < -0.3 is 5.32 Å². The molecule has 3 aromatic rings. The Morgan fingerprint density at radius 1 is 1.14 bits per heavy atom. The Morgan fingerprint density at radius 2 is 1.91 bits per heavy atom. The van der Waals surface area contributed by atoms with Crippen LogP contribution in [0, 0.1) is 0 Å². The number of nitrogens with zero attached hydrogens (tertiary/aromatic N) is 3. The quantitative estimate of drug-likeness (QED) is 0.804. The Labute approximate surface area is 128 Å². The van der Waals surface area contributed by atoms with Crippen molar-refractivity contribution in [2.24, 2.45) is 0 Å². The molecule has 1 heterocycles. The maximum Gasteiger partial charge on any atom is 0.255 e. The van der Waals surface area contributed by atoms with E-state index in [1.807, 2.05) is 48.5 Å². The molecule has 3 rings (SSSR count). The fourth-order valence-electron chi connectivity index (χ4n) is 2.20. The molecular formula is C17H16N4O. The van der Waals surface area contributed by atoms with Crippen LogP contribution < -0.4 is 5.32 Å². The summed E-state index contributed by atoms with van der Waals surface area (Å²) in [7, 11) is 0. The molecule has 0 bridgehead atoms. The van der Waals surface area contributed by atoms with E-state index in [4.69, 9.17) is 0 Å². The number of aryl methyl sites for hydroxylation is 1. The minimum Gasteiger partial charge on any atom is -0.320 e. The lowest BCUT2D eigenvalue weighted by atomic mass is 10.1. The van der Waals surface area contributed by atoms with Gasteiger partial charge in [-0.05, 0) is 36.2 Å². The summed E-state index contributed by atoms with van der Waals surface area (Å²) in [6, 6.07) is 15.1. The Balaban J connectivity index is 1.85. The lowest BCUT2D eigenvalue weighted by molar-refractivity contribution is 0.102. The molecule has 0 unspecified atom stereocenters. The lowest BCUT2D eigenvalue weighted by Gasteiger charge is -2.10. The zero-order valence-corrected chi connectivity index (χ0v) is 12.2. The lowest BCUT2D eigenvalue weighted by Crippen LogP contribution is -2.14. The molecule has 1 amide bonds. The highest BCUT2D eigenvalue weighted by atomic mass is 16.1. The molecular weight excluding hydrogens is 276 g/mol. The zero-order chi connectivity index (χ0) is 15.4. The van der Waals surface area contributed by atoms with Crippen LogP contribution in [0.15, 0.2) is 61.2 Å². The number of carbonyl (C=O) groups is 1. The monoisotopic (exact) mass is 292 g/mol. The van der Waals surface area contributed by atoms with E-state index in [0.717, 1.165) is 12.1 Å². The standard InChI is InChI=1S/C17H16N4O/c1-2-13-7-9-14(10-8-13)17(22)20-15-5-3-4-6-16(15)21-12-18-11-19-21/h3-12H,2H2,1H3,(H,20,22). The average Bonchev–Trinajstić information content (AvgIpc) is 3.10. The number of anilines is 1. The van der Waals surface area contributed by atoms with Crippen LogP contribution in [0.5, 0.6) is 0 Å². The number of amides is 1. The first-order chi connectivity index (χ1) is 10.8. The van der Waals surface area contributed by atoms with Crippen molar-refractivity contribution in [3.05, 3.63) is 72.3 Å². The predicted octanol–water partition coefficient (Wildman–Crippen LogP) is 3.08. The van der Waals surface area contributed by atoms with Gasteiger partial charge in [-0.25, -0.2) is 9.67 Å². The first kappa shape index (κ1) is 14.0. The second-order valence-electron chi connectivity index (χ2n) is 4.86. The van der Waals surface area contributed by atoms with Gasteiger partial charge in [0.2, 0.25) is 0 Å². The van der Waals surface area contributed by atoms with E-state index in [1.54, 1.807) is 11.0 Å². The Bertz CT molecular complexity index is 764. The van der Waals surface area contributed by atoms with Crippen LogP contribution >= 0.6 is 0 Å². The highest BCUT2D eigenvalue weighted by Gasteiger charge is 2.10. The van der Waals surface area contributed by atoms with Crippen molar-refractivity contribution in [3.8, 4) is 5.69 Å². The summed E-state index contributed by atoms with van der Waals surface area (Å²) >= 11 is 0. The third-order valence-electron chi connectivity index (χ3n) is 3.44. The minimum atomic E-state index is -0.143. The van der Waals surface area contributed by atoms with Crippen molar-refractivity contribution < 1.29 is 4.79 Å². The van der Waals surface area contributed by atoms with Crippen molar-refractivity contribution >= 4 is 11.6 Å². The molecule has 5 nitrogen and oxygen atoms in total. The van der Waals surface area contributed by atoms with Crippen molar-refractivity contribution in [1.82, 2.24) is 14.8 Å². The zero-order valence-electron chi connectivity index (χ0n) is 12.2. The highest BCUT2D eigenvalue weighted by Crippen LogP contribution is 2.19. The van der Waals surface area contributed by atoms with Crippen LogP contribution in [0.25, 0.3) is 5.69 Å². The summed E-state index contributed by atoms with van der Waals surface area (Å²) in [6.45, 7) is 2.09. The van der Waals surface area contributed by atoms with Crippen LogP contribution in [-0.2, 0) is 6.42 Å². The van der Waals surface area contributed by atoms with E-state index in [9.17, 15) is 4.79 Å². The fourth-order valence-corrected chi connectivity index (χ4v) is 2.20. The van der Waals surface area contributed by atoms with E-state index in [-0.39, 0.29) is 5.91 Å². The molecule has 0 atom stereocenters. The molecule has 0 fully saturated rings. The van der Waals surface area contributed by atoms with E-state index in [0.29, 0.717) is 11.3 Å². The number of carbonyl (C=O) groups excluding carboxylic acids is 1. The number of benzene rings is 2. The van der Waals surface area contributed by atoms with Gasteiger partial charge in [-0.15, -0.1) is 0 Å². The van der Waals surface area contributed by atoms with Crippen LogP contribution in [-0.4, -0.2) is 20.7 Å². The normalized spacial score (nSPS) is 10.4. The largest absolute Gasteiger partial charge is 0.320 e. The third-order valence-corrected chi connectivity index (χ3v) is 3.44. The fraction of sp³-hybridized carbons (Fsp3) is 0.118. The minimum absolute atomic E-state index is 0.143. The molecule has 0 aliphatic carbocycles. The number of nitrogens with one attached hydrogen (secondary N) is 1. The molecule has 2 aromatic carbocycles. The van der Waals surface area contributed by atoms with Crippen molar-refractivity contribution in [3.63, 3.8) is 0 Å². The molecule has 0 aliphatic rings. The molecule has 22 heavy (non-hydrogen) atoms. The van der Waals surface area contributed by atoms with Gasteiger partial charge in [0.15, 0.2) is 0 Å². The summed E-state index contributed by atoms with van der Waals surface area (Å²) in [5.41, 5.74) is 3.31. The van der Waals surface area contributed by atoms with Gasteiger partial charge in [-0.3, -0.25) is 4.79 Å². The molecule has 0 radical (unpaired) electrons. The summed E-state index contributed by atoms with van der Waals surface area (Å²) in [5.74, 6) is -0.143. The maximum atomic E-state index is 12.4. The van der Waals surface area contributed by atoms with Crippen molar-refractivity contribution in [2.45, 2.75) is 13.3 Å². The molecule has 5 heteroatoms. The van der Waals surface area contributed by atoms with Crippen LogP contribution in [0.1, 0.15) is 22.8 Å². The van der Waals surface area contributed by atoms with E-state index in [1.165, 1.54) is 11.9 Å². The van der Waals surface area contributed by atoms with Gasteiger partial charge in [0.05, 0.1) is 11.4 Å². The van der Waals surface area contributed by atoms with Gasteiger partial charge in [-0.1, -0.05) is 31.2 Å². The summed E-state index contributed by atoms with van der Waals surface area (Å²) in [6.07, 6.45) is 4.01. The molecule has 1 N–H and O–H groups in total. The Morgan fingerprint density at radius 3 is 2.59 bits per heavy atom. The SMILES string of the molecule is CCc1ccc(C(=O)Nc2ccccc2-n2cncn2)cc1. The van der Waals surface area contributed by atoms with E-state index < -0.39 is 0 Å². The second-order valence-corrected chi connectivity index (χ2v) is 4.86. The molecule has 0 spiro atoms. The van der Waals surface area contributed by atoms with Gasteiger partial charge in [-0.2, -0.15) is 5.10 Å². The summed E-state index contributed by atoms with van der Waals surface area (Å²) in [4.78, 5) is 16.3. The molecule has 1 aromatic heterocycles. The topological polar surface area (TPSA) is 59.8 Å². The van der Waals surface area contributed by atoms with Crippen LogP contribution in [0.3, 0.4) is 0 Å². The summed E-state index contributed by atoms with van der Waals surface area (Å²) in [5, 5.41) is 7.03. The molecule has 0 aliphatic heterocycles. The van der Waals surface area contributed by atoms with Gasteiger partial charge in [0.25, 0.3) is 5.91 Å². The van der Waals surface area contributed by atoms with Crippen molar-refractivity contribution in [1.29, 1.82) is 0 Å². The maximum absolute atomic E-state index is 12.4. The van der Waals surface area contributed by atoms with E-state index in [2.05, 4.69) is 22.3 Å². The van der Waals surface area contributed by atoms with E-state index >= 15 is 0 Å². The van der Waals surface area contributed by atoms with Gasteiger partial charge in [0, 0.05) is 5.56 Å². The first-order valence-corrected chi connectivity index (χ1v) is 7.12. The number of hydrogen-bond acceptors (Lipinski definition) is 3. The van der Waals surface area contributed by atoms with Gasteiger partial charge >= 0.3 is 0 Å². The molecule has 0 saturated heterocycles. The average molecular weight is 292 g/mol. The number of para-hydroxylation sites is 2. The number of hydrogen-bond donors (Lipinski definition) is 1. The Kier molecular flexibility index (Phi) is 3.96. The molecule has 0 saturated carbocycles. The third kappa shape index (κ3) is 2.88. The number of aromatic nitrogens is 3. The molecule has 110 valence electrons. The smallest absolute Gasteiger partial charge is 0.255 e. The van der Waals surface area contributed by atoms with Crippen LogP contribution in [0.4, 0.5) is 5.69 Å². The predicted molar refractivity (Wildman–Crippen MR) is 85.1 cm³/mol. The Hall–Kier alpha value is -2.95.